The predicted molar refractivity (Wildman–Crippen MR) is 83.8 cm³/mol. The van der Waals surface area contributed by atoms with Crippen LogP contribution in [0.3, 0.4) is 0 Å². The van der Waals surface area contributed by atoms with E-state index >= 15 is 0 Å². The third-order valence-corrected chi connectivity index (χ3v) is 2.52. The minimum Gasteiger partial charge on any atom is -0.459 e. The van der Waals surface area contributed by atoms with Crippen molar-refractivity contribution in [2.24, 2.45) is 5.41 Å². The molecule has 124 valence electrons. The van der Waals surface area contributed by atoms with Gasteiger partial charge in [-0.1, -0.05) is 13.3 Å². The maximum atomic E-state index is 12.4. The van der Waals surface area contributed by atoms with E-state index in [-0.39, 0.29) is 6.42 Å². The summed E-state index contributed by atoms with van der Waals surface area (Å²) >= 11 is 0. The molecule has 1 atom stereocenters. The molecule has 22 heavy (non-hydrogen) atoms. The Morgan fingerprint density at radius 3 is 1.91 bits per heavy atom. The van der Waals surface area contributed by atoms with Crippen molar-refractivity contribution in [1.82, 2.24) is 0 Å². The van der Waals surface area contributed by atoms with Gasteiger partial charge < -0.3 is 9.47 Å². The van der Waals surface area contributed by atoms with E-state index in [1.807, 2.05) is 13.0 Å². The lowest BCUT2D eigenvalue weighted by atomic mass is 9.84. The Morgan fingerprint density at radius 2 is 1.55 bits per heavy atom. The molecule has 0 bridgehead atoms. The summed E-state index contributed by atoms with van der Waals surface area (Å²) in [4.78, 5) is 24.1. The molecule has 0 radical (unpaired) electrons. The van der Waals surface area contributed by atoms with Gasteiger partial charge in [-0.05, 0) is 54.0 Å². The third kappa shape index (κ3) is 7.26. The maximum Gasteiger partial charge on any atom is 0.331 e. The Kier molecular flexibility index (Phi) is 6.82. The highest BCUT2D eigenvalue weighted by Crippen LogP contribution is 2.29. The Balaban J connectivity index is 5.33. The highest BCUT2D eigenvalue weighted by Gasteiger charge is 2.39. The summed E-state index contributed by atoms with van der Waals surface area (Å²) in [6.45, 7) is 12.3. The van der Waals surface area contributed by atoms with Gasteiger partial charge in [0.15, 0.2) is 5.41 Å². The fourth-order valence-electron chi connectivity index (χ4n) is 1.70. The fraction of sp³-hybridized carbons (Fsp3) is 0.706. The molecule has 0 fully saturated rings. The SMILES string of the molecule is CCC[C@@](C#N)(/C=C/C(=O)OC(C)(C)C)C(=O)OC(C)(C)C. The van der Waals surface area contributed by atoms with Crippen LogP contribution in [0.25, 0.3) is 0 Å². The van der Waals surface area contributed by atoms with Crippen LogP contribution in [-0.4, -0.2) is 23.1 Å². The lowest BCUT2D eigenvalue weighted by molar-refractivity contribution is -0.162. The van der Waals surface area contributed by atoms with Crippen LogP contribution in [0.15, 0.2) is 12.2 Å². The number of nitriles is 1. The average Bonchev–Trinajstić information content (AvgIpc) is 2.30. The van der Waals surface area contributed by atoms with Gasteiger partial charge in [-0.25, -0.2) is 9.59 Å². The predicted octanol–water partition coefficient (Wildman–Crippen LogP) is 3.54. The fourth-order valence-corrected chi connectivity index (χ4v) is 1.70. The minimum atomic E-state index is -1.47. The van der Waals surface area contributed by atoms with Crippen LogP contribution in [0.4, 0.5) is 0 Å². The number of hydrogen-bond acceptors (Lipinski definition) is 5. The standard InChI is InChI=1S/C17H27NO4/c1-8-10-17(12-18,14(20)22-16(5,6)7)11-9-13(19)21-15(2,3)4/h9,11H,8,10H2,1-7H3/b11-9+/t17-/m0/s1. The van der Waals surface area contributed by atoms with Gasteiger partial charge in [-0.2, -0.15) is 5.26 Å². The smallest absolute Gasteiger partial charge is 0.331 e. The number of rotatable bonds is 5. The van der Waals surface area contributed by atoms with Crippen molar-refractivity contribution in [3.05, 3.63) is 12.2 Å². The molecule has 5 heteroatoms. The number of esters is 2. The lowest BCUT2D eigenvalue weighted by Gasteiger charge is -2.27. The van der Waals surface area contributed by atoms with Crippen molar-refractivity contribution >= 4 is 11.9 Å². The van der Waals surface area contributed by atoms with Crippen LogP contribution in [0.2, 0.25) is 0 Å². The Labute approximate surface area is 133 Å². The second-order valence-corrected chi connectivity index (χ2v) is 7.20. The summed E-state index contributed by atoms with van der Waals surface area (Å²) < 4.78 is 10.5. The summed E-state index contributed by atoms with van der Waals surface area (Å²) in [6.07, 6.45) is 3.30. The number of carbonyl (C=O) groups excluding carboxylic acids is 2. The lowest BCUT2D eigenvalue weighted by Crippen LogP contribution is -2.36. The summed E-state index contributed by atoms with van der Waals surface area (Å²) in [7, 11) is 0. The van der Waals surface area contributed by atoms with E-state index < -0.39 is 28.6 Å². The normalized spacial score (nSPS) is 15.0. The van der Waals surface area contributed by atoms with E-state index in [9.17, 15) is 14.9 Å². The first kappa shape index (κ1) is 20.2. The number of ether oxygens (including phenoxy) is 2. The molecule has 0 aromatic heterocycles. The molecule has 0 aliphatic rings. The Morgan fingerprint density at radius 1 is 1.05 bits per heavy atom. The van der Waals surface area contributed by atoms with Crippen molar-refractivity contribution in [2.75, 3.05) is 0 Å². The molecule has 0 aliphatic heterocycles. The minimum absolute atomic E-state index is 0.276. The first-order valence-corrected chi connectivity index (χ1v) is 7.42. The summed E-state index contributed by atoms with van der Waals surface area (Å²) in [5.74, 6) is -1.24. The first-order valence-electron chi connectivity index (χ1n) is 7.42. The molecule has 0 rings (SSSR count). The number of hydrogen-bond donors (Lipinski definition) is 0. The topological polar surface area (TPSA) is 76.4 Å². The second-order valence-electron chi connectivity index (χ2n) is 7.20. The molecule has 0 saturated carbocycles. The number of nitrogens with zero attached hydrogens (tertiary/aromatic N) is 1. The van der Waals surface area contributed by atoms with E-state index in [0.29, 0.717) is 6.42 Å². The zero-order valence-electron chi connectivity index (χ0n) is 14.6. The van der Waals surface area contributed by atoms with Gasteiger partial charge >= 0.3 is 11.9 Å². The van der Waals surface area contributed by atoms with Gasteiger partial charge in [-0.3, -0.25) is 0 Å². The molecule has 0 spiro atoms. The molecule has 0 aromatic carbocycles. The Hall–Kier alpha value is -1.83. The van der Waals surface area contributed by atoms with E-state index in [1.54, 1.807) is 41.5 Å². The van der Waals surface area contributed by atoms with Crippen LogP contribution in [-0.2, 0) is 19.1 Å². The molecule has 0 saturated heterocycles. The molecule has 0 unspecified atom stereocenters. The van der Waals surface area contributed by atoms with E-state index in [2.05, 4.69) is 0 Å². The van der Waals surface area contributed by atoms with Crippen molar-refractivity contribution < 1.29 is 19.1 Å². The van der Waals surface area contributed by atoms with Crippen molar-refractivity contribution in [1.29, 1.82) is 5.26 Å². The molecule has 0 amide bonds. The highest BCUT2D eigenvalue weighted by atomic mass is 16.6. The molecule has 0 aromatic rings. The summed E-state index contributed by atoms with van der Waals surface area (Å²) in [6, 6.07) is 1.99. The van der Waals surface area contributed by atoms with Crippen LogP contribution >= 0.6 is 0 Å². The van der Waals surface area contributed by atoms with Gasteiger partial charge in [-0.15, -0.1) is 0 Å². The van der Waals surface area contributed by atoms with E-state index in [4.69, 9.17) is 9.47 Å². The van der Waals surface area contributed by atoms with Gasteiger partial charge in [0, 0.05) is 6.08 Å². The van der Waals surface area contributed by atoms with Crippen LogP contribution in [0.5, 0.6) is 0 Å². The van der Waals surface area contributed by atoms with Crippen molar-refractivity contribution in [3.63, 3.8) is 0 Å². The molecular formula is C17H27NO4. The largest absolute Gasteiger partial charge is 0.459 e. The summed E-state index contributed by atoms with van der Waals surface area (Å²) in [5, 5.41) is 9.47. The van der Waals surface area contributed by atoms with Crippen LogP contribution in [0, 0.1) is 16.7 Å². The molecule has 0 N–H and O–H groups in total. The number of carbonyl (C=O) groups is 2. The van der Waals surface area contributed by atoms with E-state index in [0.717, 1.165) is 6.08 Å². The van der Waals surface area contributed by atoms with Gasteiger partial charge in [0.25, 0.3) is 0 Å². The van der Waals surface area contributed by atoms with Gasteiger partial charge in [0.1, 0.15) is 11.2 Å². The maximum absolute atomic E-state index is 12.4. The molecular weight excluding hydrogens is 282 g/mol. The zero-order valence-corrected chi connectivity index (χ0v) is 14.6. The molecule has 0 aliphatic carbocycles. The van der Waals surface area contributed by atoms with Gasteiger partial charge in [0.2, 0.25) is 0 Å². The Bertz CT molecular complexity index is 474. The third-order valence-electron chi connectivity index (χ3n) is 2.52. The highest BCUT2D eigenvalue weighted by molar-refractivity contribution is 5.87. The van der Waals surface area contributed by atoms with Crippen LogP contribution < -0.4 is 0 Å². The quantitative estimate of drug-likeness (QED) is 0.573. The average molecular weight is 309 g/mol. The second kappa shape index (κ2) is 7.44. The zero-order chi connectivity index (χ0) is 17.6. The van der Waals surface area contributed by atoms with Crippen molar-refractivity contribution in [2.45, 2.75) is 72.5 Å². The molecule has 5 nitrogen and oxygen atoms in total. The molecule has 0 heterocycles. The summed E-state index contributed by atoms with van der Waals surface area (Å²) in [5.41, 5.74) is -2.81. The van der Waals surface area contributed by atoms with Gasteiger partial charge in [0.05, 0.1) is 6.07 Å². The van der Waals surface area contributed by atoms with Crippen LogP contribution in [0.1, 0.15) is 61.3 Å². The van der Waals surface area contributed by atoms with E-state index in [1.165, 1.54) is 6.08 Å². The monoisotopic (exact) mass is 309 g/mol. The first-order chi connectivity index (χ1) is 9.85. The van der Waals surface area contributed by atoms with Crippen molar-refractivity contribution in [3.8, 4) is 6.07 Å².